The van der Waals surface area contributed by atoms with E-state index in [-0.39, 0.29) is 18.2 Å². The molecular formula is C21H25BrN4O3. The van der Waals surface area contributed by atoms with Gasteiger partial charge in [-0.1, -0.05) is 28.1 Å². The monoisotopic (exact) mass is 460 g/mol. The molecule has 0 spiro atoms. The van der Waals surface area contributed by atoms with Crippen LogP contribution in [0.2, 0.25) is 0 Å². The Morgan fingerprint density at radius 1 is 1.38 bits per heavy atom. The zero-order valence-corrected chi connectivity index (χ0v) is 18.4. The highest BCUT2D eigenvalue weighted by Crippen LogP contribution is 2.29. The topological polar surface area (TPSA) is 80.0 Å². The molecule has 1 aromatic heterocycles. The number of oxazole rings is 1. The number of amides is 1. The minimum atomic E-state index is -0.515. The number of rotatable bonds is 3. The summed E-state index contributed by atoms with van der Waals surface area (Å²) in [5.41, 5.74) is 0.447. The third kappa shape index (κ3) is 4.47. The normalized spacial score (nSPS) is 21.8. The van der Waals surface area contributed by atoms with Gasteiger partial charge < -0.3 is 14.5 Å². The van der Waals surface area contributed by atoms with Crippen LogP contribution in [0.1, 0.15) is 45.5 Å². The van der Waals surface area contributed by atoms with Crippen LogP contribution in [-0.2, 0) is 4.74 Å². The Hall–Kier alpha value is -2.35. The first kappa shape index (κ1) is 19.9. The van der Waals surface area contributed by atoms with Gasteiger partial charge in [-0.05, 0) is 45.7 Å². The van der Waals surface area contributed by atoms with Gasteiger partial charge in [-0.2, -0.15) is 0 Å². The van der Waals surface area contributed by atoms with Crippen molar-refractivity contribution in [3.05, 3.63) is 40.8 Å². The van der Waals surface area contributed by atoms with Crippen LogP contribution in [0.5, 0.6) is 0 Å². The lowest BCUT2D eigenvalue weighted by Gasteiger charge is -2.28. The third-order valence-electron chi connectivity index (χ3n) is 4.89. The molecule has 0 radical (unpaired) electrons. The molecule has 2 aromatic rings. The Balaban J connectivity index is 1.43. The van der Waals surface area contributed by atoms with E-state index in [4.69, 9.17) is 9.15 Å². The number of nitrogens with zero attached hydrogens (tertiary/aromatic N) is 3. The van der Waals surface area contributed by atoms with Gasteiger partial charge in [0.05, 0.1) is 18.8 Å². The first-order chi connectivity index (χ1) is 13.8. The van der Waals surface area contributed by atoms with Crippen LogP contribution in [0.3, 0.4) is 0 Å². The van der Waals surface area contributed by atoms with Crippen LogP contribution >= 0.6 is 15.9 Å². The molecule has 2 aliphatic rings. The molecule has 7 nitrogen and oxygen atoms in total. The van der Waals surface area contributed by atoms with Gasteiger partial charge >= 0.3 is 6.09 Å². The molecule has 1 N–H and O–H groups in total. The highest BCUT2D eigenvalue weighted by atomic mass is 79.9. The summed E-state index contributed by atoms with van der Waals surface area (Å²) in [4.78, 5) is 23.4. The number of hydrogen-bond donors (Lipinski definition) is 1. The van der Waals surface area contributed by atoms with Gasteiger partial charge in [-0.15, -0.1) is 0 Å². The quantitative estimate of drug-likeness (QED) is 0.726. The predicted octanol–water partition coefficient (Wildman–Crippen LogP) is 4.55. The number of carbonyl (C=O) groups is 1. The molecule has 2 atom stereocenters. The van der Waals surface area contributed by atoms with E-state index in [0.717, 1.165) is 28.7 Å². The van der Waals surface area contributed by atoms with Crippen molar-refractivity contribution in [3.63, 3.8) is 0 Å². The minimum Gasteiger partial charge on any atom is -0.444 e. The van der Waals surface area contributed by atoms with Gasteiger partial charge in [-0.25, -0.2) is 9.78 Å². The number of nitrogens with one attached hydrogen (secondary N) is 1. The lowest BCUT2D eigenvalue weighted by Crippen LogP contribution is -2.46. The summed E-state index contributed by atoms with van der Waals surface area (Å²) in [5, 5.41) is 3.41. The summed E-state index contributed by atoms with van der Waals surface area (Å²) >= 11 is 3.48. The van der Waals surface area contributed by atoms with Crippen molar-refractivity contribution in [2.75, 3.05) is 13.1 Å². The largest absolute Gasteiger partial charge is 0.444 e. The molecule has 0 saturated carbocycles. The number of ether oxygens (including phenoxy) is 1. The molecule has 1 saturated heterocycles. The fourth-order valence-corrected chi connectivity index (χ4v) is 4.01. The first-order valence-electron chi connectivity index (χ1n) is 9.82. The zero-order valence-electron chi connectivity index (χ0n) is 16.8. The van der Waals surface area contributed by atoms with E-state index in [2.05, 4.69) is 31.2 Å². The van der Waals surface area contributed by atoms with Crippen molar-refractivity contribution < 1.29 is 13.9 Å². The van der Waals surface area contributed by atoms with Gasteiger partial charge in [-0.3, -0.25) is 9.89 Å². The molecule has 1 aromatic carbocycles. The molecule has 154 valence electrons. The molecule has 3 heterocycles. The Morgan fingerprint density at radius 2 is 2.21 bits per heavy atom. The molecule has 8 heteroatoms. The Bertz CT molecular complexity index is 934. The lowest BCUT2D eigenvalue weighted by atomic mass is 10.2. The molecule has 0 aliphatic carbocycles. The van der Waals surface area contributed by atoms with Crippen LogP contribution in [0, 0.1) is 0 Å². The smallest absolute Gasteiger partial charge is 0.410 e. The van der Waals surface area contributed by atoms with Crippen LogP contribution in [-0.4, -0.2) is 46.5 Å². The predicted molar refractivity (Wildman–Crippen MR) is 114 cm³/mol. The fourth-order valence-electron chi connectivity index (χ4n) is 3.61. The molecule has 0 bridgehead atoms. The van der Waals surface area contributed by atoms with E-state index in [1.165, 1.54) is 0 Å². The second-order valence-corrected chi connectivity index (χ2v) is 9.24. The van der Waals surface area contributed by atoms with Crippen molar-refractivity contribution >= 4 is 27.9 Å². The zero-order chi connectivity index (χ0) is 20.6. The number of likely N-dealkylation sites (tertiary alicyclic amines) is 1. The number of carbonyl (C=O) groups excluding carboxylic acids is 1. The maximum atomic E-state index is 12.6. The van der Waals surface area contributed by atoms with E-state index in [1.54, 1.807) is 11.1 Å². The summed E-state index contributed by atoms with van der Waals surface area (Å²) < 4.78 is 12.5. The Kier molecular flexibility index (Phi) is 5.38. The number of hydrogen-bond acceptors (Lipinski definition) is 6. The lowest BCUT2D eigenvalue weighted by molar-refractivity contribution is 0.0264. The average Bonchev–Trinajstić information content (AvgIpc) is 3.39. The third-order valence-corrected chi connectivity index (χ3v) is 5.39. The number of aromatic nitrogens is 1. The van der Waals surface area contributed by atoms with E-state index in [0.29, 0.717) is 24.7 Å². The maximum Gasteiger partial charge on any atom is 0.410 e. The fraction of sp³-hybridized carbons (Fsp3) is 0.476. The highest BCUT2D eigenvalue weighted by molar-refractivity contribution is 9.10. The summed E-state index contributed by atoms with van der Waals surface area (Å²) in [7, 11) is 0. The SMILES string of the molecule is CC(C)(C)OC(=O)N1CCC[C@H]1C1=NCC(c2ncc(-c3cccc(Br)c3)o2)N1. The molecule has 1 amide bonds. The van der Waals surface area contributed by atoms with Gasteiger partial charge in [0.1, 0.15) is 17.5 Å². The van der Waals surface area contributed by atoms with Crippen LogP contribution in [0.4, 0.5) is 4.79 Å². The second kappa shape index (κ2) is 7.82. The van der Waals surface area contributed by atoms with Crippen molar-refractivity contribution in [2.45, 2.75) is 51.3 Å². The summed E-state index contributed by atoms with van der Waals surface area (Å²) in [6, 6.07) is 7.68. The standard InChI is InChI=1S/C21H25BrN4O3/c1-21(2,3)29-20(27)26-9-5-8-16(26)18-23-11-15(25-18)19-24-12-17(28-19)13-6-4-7-14(22)10-13/h4,6-7,10,12,15-16H,5,8-9,11H2,1-3H3,(H,23,25)/t15?,16-/m0/s1. The van der Waals surface area contributed by atoms with Gasteiger partial charge in [0.15, 0.2) is 5.76 Å². The van der Waals surface area contributed by atoms with Crippen molar-refractivity contribution in [1.29, 1.82) is 0 Å². The van der Waals surface area contributed by atoms with Gasteiger partial charge in [0.25, 0.3) is 0 Å². The molecular weight excluding hydrogens is 436 g/mol. The number of aliphatic imine (C=N–C) groups is 1. The maximum absolute atomic E-state index is 12.6. The minimum absolute atomic E-state index is 0.0886. The molecule has 2 aliphatic heterocycles. The Morgan fingerprint density at radius 3 is 2.97 bits per heavy atom. The van der Waals surface area contributed by atoms with E-state index >= 15 is 0 Å². The molecule has 1 fully saturated rings. The number of halogens is 1. The number of amidine groups is 1. The summed E-state index contributed by atoms with van der Waals surface area (Å²) in [6.07, 6.45) is 3.24. The first-order valence-corrected chi connectivity index (χ1v) is 10.6. The van der Waals surface area contributed by atoms with Gasteiger partial charge in [0, 0.05) is 16.6 Å². The Labute approximate surface area is 178 Å². The van der Waals surface area contributed by atoms with Gasteiger partial charge in [0.2, 0.25) is 5.89 Å². The van der Waals surface area contributed by atoms with E-state index in [1.807, 2.05) is 45.0 Å². The van der Waals surface area contributed by atoms with Crippen LogP contribution < -0.4 is 5.32 Å². The molecule has 1 unspecified atom stereocenters. The van der Waals surface area contributed by atoms with Crippen molar-refractivity contribution in [2.24, 2.45) is 4.99 Å². The summed E-state index contributed by atoms with van der Waals surface area (Å²) in [6.45, 7) is 6.85. The highest BCUT2D eigenvalue weighted by Gasteiger charge is 2.38. The molecule has 4 rings (SSSR count). The molecule has 29 heavy (non-hydrogen) atoms. The van der Waals surface area contributed by atoms with E-state index < -0.39 is 5.60 Å². The van der Waals surface area contributed by atoms with E-state index in [9.17, 15) is 4.79 Å². The number of benzene rings is 1. The van der Waals surface area contributed by atoms with Crippen molar-refractivity contribution in [3.8, 4) is 11.3 Å². The van der Waals surface area contributed by atoms with Crippen LogP contribution in [0.25, 0.3) is 11.3 Å². The second-order valence-electron chi connectivity index (χ2n) is 8.33. The van der Waals surface area contributed by atoms with Crippen LogP contribution in [0.15, 0.2) is 44.3 Å². The summed E-state index contributed by atoms with van der Waals surface area (Å²) in [5.74, 6) is 2.12. The average molecular weight is 461 g/mol. The van der Waals surface area contributed by atoms with Crippen molar-refractivity contribution in [1.82, 2.24) is 15.2 Å².